The minimum atomic E-state index is 0.248. The Labute approximate surface area is 144 Å². The van der Waals surface area contributed by atoms with E-state index < -0.39 is 0 Å². The van der Waals surface area contributed by atoms with E-state index in [1.807, 2.05) is 24.3 Å². The van der Waals surface area contributed by atoms with E-state index >= 15 is 0 Å². The van der Waals surface area contributed by atoms with Gasteiger partial charge in [-0.15, -0.1) is 0 Å². The first kappa shape index (κ1) is 15.1. The number of thioether (sulfide) groups is 1. The standard InChI is InChI=1S/C17H18N4S2/c18-10-13-2-4-14(5-3-13)11-22-16-15(19-23-20-16)17-6-1-8-21(12-17)9-7-17/h2-5H,1,6-9,11-12H2. The normalized spacial score (nSPS) is 26.1. The van der Waals surface area contributed by atoms with Gasteiger partial charge in [0.05, 0.1) is 29.1 Å². The summed E-state index contributed by atoms with van der Waals surface area (Å²) in [6, 6.07) is 9.98. The third-order valence-corrected chi connectivity index (χ3v) is 6.66. The highest BCUT2D eigenvalue weighted by Gasteiger charge is 2.45. The first-order valence-corrected chi connectivity index (χ1v) is 9.68. The molecule has 2 atom stereocenters. The van der Waals surface area contributed by atoms with E-state index in [2.05, 4.69) is 19.7 Å². The van der Waals surface area contributed by atoms with Crippen molar-refractivity contribution in [3.63, 3.8) is 0 Å². The molecular formula is C17H18N4S2. The van der Waals surface area contributed by atoms with Crippen LogP contribution in [0, 0.1) is 11.3 Å². The molecule has 0 spiro atoms. The third kappa shape index (κ3) is 2.89. The number of piperidine rings is 1. The summed E-state index contributed by atoms with van der Waals surface area (Å²) in [5.41, 5.74) is 3.42. The van der Waals surface area contributed by atoms with Crippen LogP contribution >= 0.6 is 23.5 Å². The molecule has 6 heteroatoms. The van der Waals surface area contributed by atoms with Crippen molar-refractivity contribution < 1.29 is 0 Å². The van der Waals surface area contributed by atoms with Gasteiger partial charge in [0.25, 0.3) is 0 Å². The van der Waals surface area contributed by atoms with Crippen LogP contribution < -0.4 is 0 Å². The molecule has 1 aromatic carbocycles. The molecule has 4 nitrogen and oxygen atoms in total. The number of aromatic nitrogens is 2. The average molecular weight is 342 g/mol. The van der Waals surface area contributed by atoms with Crippen molar-refractivity contribution in [1.29, 1.82) is 5.26 Å². The highest BCUT2D eigenvalue weighted by atomic mass is 32.2. The van der Waals surface area contributed by atoms with Crippen LogP contribution in [0.15, 0.2) is 29.3 Å². The number of hydrogen-bond donors (Lipinski definition) is 0. The van der Waals surface area contributed by atoms with Crippen LogP contribution in [-0.2, 0) is 11.2 Å². The summed E-state index contributed by atoms with van der Waals surface area (Å²) in [6.45, 7) is 3.60. The van der Waals surface area contributed by atoms with Gasteiger partial charge in [0, 0.05) is 17.7 Å². The number of rotatable bonds is 4. The molecule has 1 aromatic heterocycles. The average Bonchev–Trinajstić information content (AvgIpc) is 3.19. The second-order valence-corrected chi connectivity index (χ2v) is 7.92. The van der Waals surface area contributed by atoms with Gasteiger partial charge in [0.15, 0.2) is 0 Å². The zero-order valence-electron chi connectivity index (χ0n) is 12.9. The number of nitriles is 1. The van der Waals surface area contributed by atoms with Crippen LogP contribution in [0.4, 0.5) is 0 Å². The van der Waals surface area contributed by atoms with Gasteiger partial charge in [0.1, 0.15) is 5.03 Å². The summed E-state index contributed by atoms with van der Waals surface area (Å²) in [5, 5.41) is 9.99. The minimum absolute atomic E-state index is 0.248. The number of hydrogen-bond acceptors (Lipinski definition) is 6. The summed E-state index contributed by atoms with van der Waals surface area (Å²) in [4.78, 5) is 2.57. The molecular weight excluding hydrogens is 324 g/mol. The van der Waals surface area contributed by atoms with E-state index in [1.54, 1.807) is 11.8 Å². The monoisotopic (exact) mass is 342 g/mol. The molecule has 2 aliphatic heterocycles. The highest BCUT2D eigenvalue weighted by Crippen LogP contribution is 2.44. The zero-order chi connectivity index (χ0) is 15.7. The lowest BCUT2D eigenvalue weighted by Crippen LogP contribution is -2.37. The molecule has 2 saturated heterocycles. The molecule has 0 radical (unpaired) electrons. The Kier molecular flexibility index (Phi) is 4.10. The molecule has 4 rings (SSSR count). The maximum atomic E-state index is 8.87. The molecule has 2 unspecified atom stereocenters. The van der Waals surface area contributed by atoms with Crippen LogP contribution in [0.25, 0.3) is 0 Å². The van der Waals surface area contributed by atoms with Crippen molar-refractivity contribution in [2.45, 2.75) is 35.5 Å². The van der Waals surface area contributed by atoms with E-state index in [1.165, 1.54) is 55.3 Å². The van der Waals surface area contributed by atoms with Crippen molar-refractivity contribution >= 4 is 23.5 Å². The summed E-state index contributed by atoms with van der Waals surface area (Å²) >= 11 is 3.13. The maximum absolute atomic E-state index is 8.87. The van der Waals surface area contributed by atoms with Gasteiger partial charge in [-0.1, -0.05) is 23.9 Å². The van der Waals surface area contributed by atoms with Gasteiger partial charge in [-0.05, 0) is 50.0 Å². The Morgan fingerprint density at radius 3 is 2.91 bits per heavy atom. The second kappa shape index (κ2) is 6.23. The van der Waals surface area contributed by atoms with Crippen LogP contribution in [0.5, 0.6) is 0 Å². The van der Waals surface area contributed by atoms with Gasteiger partial charge in [0.2, 0.25) is 0 Å². The SMILES string of the molecule is N#Cc1ccc(CSc2nsnc2C23CCCN(CC2)C3)cc1. The van der Waals surface area contributed by atoms with E-state index in [-0.39, 0.29) is 5.41 Å². The minimum Gasteiger partial charge on any atom is -0.302 e. The molecule has 23 heavy (non-hydrogen) atoms. The first-order chi connectivity index (χ1) is 11.3. The molecule has 0 saturated carbocycles. The van der Waals surface area contributed by atoms with Gasteiger partial charge >= 0.3 is 0 Å². The van der Waals surface area contributed by atoms with Gasteiger partial charge in [-0.25, -0.2) is 0 Å². The Bertz CT molecular complexity index is 730. The van der Waals surface area contributed by atoms with Gasteiger partial charge in [-0.2, -0.15) is 14.0 Å². The lowest BCUT2D eigenvalue weighted by molar-refractivity contribution is 0.238. The highest BCUT2D eigenvalue weighted by molar-refractivity contribution is 7.98. The molecule has 118 valence electrons. The molecule has 2 aliphatic rings. The largest absolute Gasteiger partial charge is 0.302 e. The second-order valence-electron chi connectivity index (χ2n) is 6.43. The summed E-state index contributed by atoms with van der Waals surface area (Å²) < 4.78 is 9.26. The summed E-state index contributed by atoms with van der Waals surface area (Å²) in [6.07, 6.45) is 3.75. The van der Waals surface area contributed by atoms with E-state index in [0.29, 0.717) is 5.56 Å². The van der Waals surface area contributed by atoms with E-state index in [9.17, 15) is 0 Å². The number of nitrogens with zero attached hydrogens (tertiary/aromatic N) is 4. The Morgan fingerprint density at radius 1 is 1.22 bits per heavy atom. The van der Waals surface area contributed by atoms with Crippen LogP contribution in [0.1, 0.15) is 36.1 Å². The van der Waals surface area contributed by atoms with Gasteiger partial charge < -0.3 is 4.90 Å². The molecule has 0 N–H and O–H groups in total. The summed E-state index contributed by atoms with van der Waals surface area (Å²) in [5.74, 6) is 0.879. The van der Waals surface area contributed by atoms with E-state index in [0.717, 1.165) is 17.3 Å². The Balaban J connectivity index is 1.50. The van der Waals surface area contributed by atoms with Crippen LogP contribution in [-0.4, -0.2) is 33.3 Å². The smallest absolute Gasteiger partial charge is 0.134 e. The lowest BCUT2D eigenvalue weighted by atomic mass is 9.78. The fourth-order valence-electron chi connectivity index (χ4n) is 3.73. The fourth-order valence-corrected chi connectivity index (χ4v) is 5.56. The predicted octanol–water partition coefficient (Wildman–Crippen LogP) is 3.44. The van der Waals surface area contributed by atoms with Crippen LogP contribution in [0.2, 0.25) is 0 Å². The molecule has 0 aliphatic carbocycles. The third-order valence-electron chi connectivity index (χ3n) is 4.98. The molecule has 2 fully saturated rings. The zero-order valence-corrected chi connectivity index (χ0v) is 14.5. The van der Waals surface area contributed by atoms with Crippen molar-refractivity contribution in [3.05, 3.63) is 41.1 Å². The Morgan fingerprint density at radius 2 is 2.09 bits per heavy atom. The fraction of sp³-hybridized carbons (Fsp3) is 0.471. The lowest BCUT2D eigenvalue weighted by Gasteiger charge is -2.32. The first-order valence-electron chi connectivity index (χ1n) is 7.96. The molecule has 0 amide bonds. The molecule has 2 bridgehead atoms. The Hall–Kier alpha value is -1.42. The van der Waals surface area contributed by atoms with Crippen molar-refractivity contribution in [3.8, 4) is 6.07 Å². The van der Waals surface area contributed by atoms with Gasteiger partial charge in [-0.3, -0.25) is 0 Å². The van der Waals surface area contributed by atoms with Crippen molar-refractivity contribution in [2.75, 3.05) is 19.6 Å². The number of fused-ring (bicyclic) bond motifs is 2. The van der Waals surface area contributed by atoms with Crippen LogP contribution in [0.3, 0.4) is 0 Å². The summed E-state index contributed by atoms with van der Waals surface area (Å²) in [7, 11) is 0. The topological polar surface area (TPSA) is 52.8 Å². The van der Waals surface area contributed by atoms with Crippen molar-refractivity contribution in [2.24, 2.45) is 0 Å². The molecule has 2 aromatic rings. The number of benzene rings is 1. The quantitative estimate of drug-likeness (QED) is 0.797. The maximum Gasteiger partial charge on any atom is 0.134 e. The molecule has 3 heterocycles. The van der Waals surface area contributed by atoms with E-state index in [4.69, 9.17) is 5.26 Å². The van der Waals surface area contributed by atoms with Crippen molar-refractivity contribution in [1.82, 2.24) is 13.6 Å². The predicted molar refractivity (Wildman–Crippen MR) is 92.6 cm³/mol.